The van der Waals surface area contributed by atoms with Gasteiger partial charge in [-0.3, -0.25) is 4.98 Å². The van der Waals surface area contributed by atoms with Crippen molar-refractivity contribution >= 4 is 11.6 Å². The van der Waals surface area contributed by atoms with Gasteiger partial charge in [-0.05, 0) is 23.5 Å². The van der Waals surface area contributed by atoms with Crippen LogP contribution in [0.3, 0.4) is 0 Å². The molecule has 0 saturated carbocycles. The van der Waals surface area contributed by atoms with E-state index < -0.39 is 0 Å². The van der Waals surface area contributed by atoms with Gasteiger partial charge in [-0.25, -0.2) is 0 Å². The Morgan fingerprint density at radius 2 is 2.20 bits per heavy atom. The maximum Gasteiger partial charge on any atom is 0.0631 e. The number of aliphatic hydroxyl groups is 1. The summed E-state index contributed by atoms with van der Waals surface area (Å²) in [5.74, 6) is 0. The molecule has 1 unspecified atom stereocenters. The third-order valence-corrected chi connectivity index (χ3v) is 3.42. The van der Waals surface area contributed by atoms with Crippen molar-refractivity contribution in [2.24, 2.45) is 5.41 Å². The van der Waals surface area contributed by atoms with E-state index in [9.17, 15) is 5.11 Å². The summed E-state index contributed by atoms with van der Waals surface area (Å²) in [6.45, 7) is 6.21. The molecule has 2 nitrogen and oxygen atoms in total. The molecule has 0 spiro atoms. The molecule has 0 aliphatic rings. The second-order valence-electron chi connectivity index (χ2n) is 4.53. The topological polar surface area (TPSA) is 33.1 Å². The molecule has 0 fully saturated rings. The maximum atomic E-state index is 10.1. The molecule has 1 atom stereocenters. The molecule has 1 aromatic rings. The monoisotopic (exact) mass is 227 g/mol. The average molecular weight is 228 g/mol. The van der Waals surface area contributed by atoms with Crippen LogP contribution in [-0.4, -0.2) is 16.2 Å². The van der Waals surface area contributed by atoms with Crippen molar-refractivity contribution in [2.75, 3.05) is 0 Å². The van der Waals surface area contributed by atoms with Gasteiger partial charge < -0.3 is 5.11 Å². The number of halogens is 1. The number of rotatable bonds is 4. The number of aromatic nitrogens is 1. The van der Waals surface area contributed by atoms with Gasteiger partial charge >= 0.3 is 0 Å². The lowest BCUT2D eigenvalue weighted by molar-refractivity contribution is 0.0479. The molecule has 1 N–H and O–H groups in total. The molecule has 0 radical (unpaired) electrons. The highest BCUT2D eigenvalue weighted by Gasteiger charge is 2.26. The molecule has 1 aromatic heterocycles. The summed E-state index contributed by atoms with van der Waals surface area (Å²) in [5, 5.41) is 10.7. The third-order valence-electron chi connectivity index (χ3n) is 3.08. The number of nitrogens with zero attached hydrogens (tertiary/aromatic N) is 1. The van der Waals surface area contributed by atoms with Crippen LogP contribution in [0.2, 0.25) is 5.02 Å². The van der Waals surface area contributed by atoms with E-state index in [1.807, 2.05) is 6.07 Å². The number of hydrogen-bond donors (Lipinski definition) is 1. The van der Waals surface area contributed by atoms with Crippen LogP contribution in [0, 0.1) is 5.41 Å². The highest BCUT2D eigenvalue weighted by Crippen LogP contribution is 2.28. The van der Waals surface area contributed by atoms with Gasteiger partial charge in [-0.2, -0.15) is 0 Å². The van der Waals surface area contributed by atoms with Gasteiger partial charge in [0.1, 0.15) is 0 Å². The summed E-state index contributed by atoms with van der Waals surface area (Å²) >= 11 is 5.99. The zero-order chi connectivity index (χ0) is 11.5. The van der Waals surface area contributed by atoms with Crippen molar-refractivity contribution in [3.05, 3.63) is 29.0 Å². The highest BCUT2D eigenvalue weighted by atomic mass is 35.5. The van der Waals surface area contributed by atoms with Crippen LogP contribution in [0.1, 0.15) is 32.8 Å². The summed E-state index contributed by atoms with van der Waals surface area (Å²) in [6.07, 6.45) is 4.47. The molecule has 0 amide bonds. The fourth-order valence-corrected chi connectivity index (χ4v) is 1.49. The van der Waals surface area contributed by atoms with Crippen molar-refractivity contribution < 1.29 is 5.11 Å². The van der Waals surface area contributed by atoms with E-state index in [4.69, 9.17) is 11.6 Å². The number of aliphatic hydroxyl groups excluding tert-OH is 1. The van der Waals surface area contributed by atoms with Gasteiger partial charge in [0.15, 0.2) is 0 Å². The number of pyridine rings is 1. The minimum Gasteiger partial charge on any atom is -0.392 e. The van der Waals surface area contributed by atoms with Gasteiger partial charge in [-0.1, -0.05) is 32.4 Å². The van der Waals surface area contributed by atoms with Crippen LogP contribution in [0.25, 0.3) is 0 Å². The lowest BCUT2D eigenvalue weighted by Gasteiger charge is -2.29. The van der Waals surface area contributed by atoms with E-state index in [0.717, 1.165) is 12.0 Å². The van der Waals surface area contributed by atoms with E-state index >= 15 is 0 Å². The molecule has 1 heterocycles. The van der Waals surface area contributed by atoms with Crippen molar-refractivity contribution in [1.82, 2.24) is 4.98 Å². The molecule has 1 rings (SSSR count). The van der Waals surface area contributed by atoms with Gasteiger partial charge in [0.05, 0.1) is 11.1 Å². The second kappa shape index (κ2) is 4.95. The van der Waals surface area contributed by atoms with E-state index in [0.29, 0.717) is 11.4 Å². The lowest BCUT2D eigenvalue weighted by atomic mass is 9.81. The normalized spacial score (nSPS) is 13.9. The third kappa shape index (κ3) is 3.18. The molecule has 3 heteroatoms. The first kappa shape index (κ1) is 12.5. The van der Waals surface area contributed by atoms with Crippen LogP contribution < -0.4 is 0 Å². The summed E-state index contributed by atoms with van der Waals surface area (Å²) < 4.78 is 0. The Morgan fingerprint density at radius 3 is 2.73 bits per heavy atom. The van der Waals surface area contributed by atoms with Crippen molar-refractivity contribution in [3.8, 4) is 0 Å². The van der Waals surface area contributed by atoms with E-state index in [-0.39, 0.29) is 11.5 Å². The van der Waals surface area contributed by atoms with Crippen molar-refractivity contribution in [2.45, 2.75) is 39.7 Å². The SMILES string of the molecule is CCC(C)(C)C(O)Cc1ccncc1Cl. The Hall–Kier alpha value is -0.600. The van der Waals surface area contributed by atoms with Crippen molar-refractivity contribution in [1.29, 1.82) is 0 Å². The summed E-state index contributed by atoms with van der Waals surface area (Å²) in [7, 11) is 0. The van der Waals surface area contributed by atoms with Crippen LogP contribution >= 0.6 is 11.6 Å². The summed E-state index contributed by atoms with van der Waals surface area (Å²) in [4.78, 5) is 3.92. The molecular weight excluding hydrogens is 210 g/mol. The smallest absolute Gasteiger partial charge is 0.0631 e. The Labute approximate surface area is 96.3 Å². The second-order valence-corrected chi connectivity index (χ2v) is 4.94. The molecule has 84 valence electrons. The minimum atomic E-state index is -0.373. The predicted octanol–water partition coefficient (Wildman–Crippen LogP) is 3.07. The Kier molecular flexibility index (Phi) is 4.12. The summed E-state index contributed by atoms with van der Waals surface area (Å²) in [6, 6.07) is 1.86. The largest absolute Gasteiger partial charge is 0.392 e. The Bertz CT molecular complexity index is 325. The quantitative estimate of drug-likeness (QED) is 0.858. The van der Waals surface area contributed by atoms with Crippen molar-refractivity contribution in [3.63, 3.8) is 0 Å². The summed E-state index contributed by atoms with van der Waals surface area (Å²) in [5.41, 5.74) is 0.882. The van der Waals surface area contributed by atoms with E-state index in [1.54, 1.807) is 12.4 Å². The molecule has 0 saturated heterocycles. The van der Waals surface area contributed by atoms with E-state index in [2.05, 4.69) is 25.8 Å². The van der Waals surface area contributed by atoms with Crippen LogP contribution in [0.4, 0.5) is 0 Å². The Morgan fingerprint density at radius 1 is 1.53 bits per heavy atom. The molecule has 0 aliphatic carbocycles. The van der Waals surface area contributed by atoms with Gasteiger partial charge in [0.25, 0.3) is 0 Å². The first-order chi connectivity index (χ1) is 6.97. The molecule has 15 heavy (non-hydrogen) atoms. The van der Waals surface area contributed by atoms with Crippen LogP contribution in [-0.2, 0) is 6.42 Å². The molecular formula is C12H18ClNO. The zero-order valence-electron chi connectivity index (χ0n) is 9.50. The average Bonchev–Trinajstić information content (AvgIpc) is 2.21. The lowest BCUT2D eigenvalue weighted by Crippen LogP contribution is -2.30. The zero-order valence-corrected chi connectivity index (χ0v) is 10.3. The fraction of sp³-hybridized carbons (Fsp3) is 0.583. The molecule has 0 aliphatic heterocycles. The fourth-order valence-electron chi connectivity index (χ4n) is 1.29. The van der Waals surface area contributed by atoms with Crippen LogP contribution in [0.15, 0.2) is 18.5 Å². The van der Waals surface area contributed by atoms with Crippen LogP contribution in [0.5, 0.6) is 0 Å². The molecule has 0 aromatic carbocycles. The highest BCUT2D eigenvalue weighted by molar-refractivity contribution is 6.31. The molecule has 0 bridgehead atoms. The standard InChI is InChI=1S/C12H18ClNO/c1-4-12(2,3)11(15)7-9-5-6-14-8-10(9)13/h5-6,8,11,15H,4,7H2,1-3H3. The van der Waals surface area contributed by atoms with E-state index in [1.165, 1.54) is 0 Å². The van der Waals surface area contributed by atoms with Gasteiger partial charge in [0, 0.05) is 18.8 Å². The predicted molar refractivity (Wildman–Crippen MR) is 63.0 cm³/mol. The first-order valence-corrected chi connectivity index (χ1v) is 5.61. The minimum absolute atomic E-state index is 0.0768. The maximum absolute atomic E-state index is 10.1. The number of hydrogen-bond acceptors (Lipinski definition) is 2. The Balaban J connectivity index is 2.75. The van der Waals surface area contributed by atoms with Gasteiger partial charge in [-0.15, -0.1) is 0 Å². The van der Waals surface area contributed by atoms with Gasteiger partial charge in [0.2, 0.25) is 0 Å². The first-order valence-electron chi connectivity index (χ1n) is 5.24.